The lowest BCUT2D eigenvalue weighted by Crippen LogP contribution is -2.25. The Morgan fingerprint density at radius 2 is 1.91 bits per heavy atom. The Morgan fingerprint density at radius 1 is 1.15 bits per heavy atom. The minimum Gasteiger partial charge on any atom is -0.490 e. The molecule has 3 aromatic rings. The predicted octanol–water partition coefficient (Wildman–Crippen LogP) is 6.81. The molecule has 0 saturated heterocycles. The van der Waals surface area contributed by atoms with Crippen molar-refractivity contribution in [1.82, 2.24) is 9.66 Å². The van der Waals surface area contributed by atoms with Crippen LogP contribution in [0.5, 0.6) is 11.5 Å². The summed E-state index contributed by atoms with van der Waals surface area (Å²) in [5.74, 6) is 2.16. The van der Waals surface area contributed by atoms with Gasteiger partial charge in [-0.1, -0.05) is 47.8 Å². The zero-order chi connectivity index (χ0) is 24.1. The van der Waals surface area contributed by atoms with Gasteiger partial charge in [0.2, 0.25) is 0 Å². The molecule has 0 unspecified atom stereocenters. The quantitative estimate of drug-likeness (QED) is 0.214. The summed E-state index contributed by atoms with van der Waals surface area (Å²) in [7, 11) is 0. The molecule has 1 heterocycles. The van der Waals surface area contributed by atoms with E-state index in [1.165, 1.54) is 11.1 Å². The van der Waals surface area contributed by atoms with E-state index in [1.54, 1.807) is 18.4 Å². The lowest BCUT2D eigenvalue weighted by Gasteiger charge is -2.22. The first-order valence-electron chi connectivity index (χ1n) is 11.5. The minimum absolute atomic E-state index is 0.171. The van der Waals surface area contributed by atoms with E-state index in [4.69, 9.17) is 14.5 Å². The Kier molecular flexibility index (Phi) is 8.21. The fourth-order valence-electron chi connectivity index (χ4n) is 4.20. The van der Waals surface area contributed by atoms with Gasteiger partial charge in [-0.3, -0.25) is 4.79 Å². The van der Waals surface area contributed by atoms with Crippen LogP contribution in [0.25, 0.3) is 10.9 Å². The summed E-state index contributed by atoms with van der Waals surface area (Å²) in [6, 6.07) is 9.29. The van der Waals surface area contributed by atoms with Gasteiger partial charge >= 0.3 is 0 Å². The van der Waals surface area contributed by atoms with Crippen molar-refractivity contribution in [3.8, 4) is 11.5 Å². The maximum absolute atomic E-state index is 13.5. The molecule has 0 aliphatic heterocycles. The van der Waals surface area contributed by atoms with Crippen LogP contribution >= 0.6 is 31.9 Å². The molecule has 0 atom stereocenters. The van der Waals surface area contributed by atoms with E-state index in [9.17, 15) is 4.79 Å². The van der Waals surface area contributed by atoms with E-state index < -0.39 is 0 Å². The van der Waals surface area contributed by atoms with Gasteiger partial charge in [0.1, 0.15) is 12.4 Å². The maximum atomic E-state index is 13.5. The highest BCUT2D eigenvalue weighted by atomic mass is 79.9. The number of fused-ring (bicyclic) bond motifs is 1. The molecule has 1 aliphatic carbocycles. The molecule has 1 fully saturated rings. The van der Waals surface area contributed by atoms with Crippen LogP contribution in [0.4, 0.5) is 0 Å². The van der Waals surface area contributed by atoms with Crippen LogP contribution in [0.1, 0.15) is 56.3 Å². The van der Waals surface area contributed by atoms with Crippen LogP contribution in [0, 0.1) is 0 Å². The summed E-state index contributed by atoms with van der Waals surface area (Å²) < 4.78 is 14.6. The van der Waals surface area contributed by atoms with Crippen molar-refractivity contribution < 1.29 is 9.47 Å². The smallest absolute Gasteiger partial charge is 0.282 e. The topological polar surface area (TPSA) is 65.7 Å². The number of hydrogen-bond donors (Lipinski definition) is 0. The highest BCUT2D eigenvalue weighted by Crippen LogP contribution is 2.34. The third kappa shape index (κ3) is 5.44. The maximum Gasteiger partial charge on any atom is 0.282 e. The van der Waals surface area contributed by atoms with E-state index in [-0.39, 0.29) is 11.5 Å². The zero-order valence-corrected chi connectivity index (χ0v) is 22.3. The van der Waals surface area contributed by atoms with Gasteiger partial charge < -0.3 is 9.47 Å². The number of hydrogen-bond acceptors (Lipinski definition) is 5. The number of nitrogens with zero attached hydrogens (tertiary/aromatic N) is 3. The van der Waals surface area contributed by atoms with Crippen molar-refractivity contribution in [2.75, 3.05) is 13.2 Å². The SMILES string of the molecule is C=CCOc1cc(Br)c(C=Nn2c(C3CCCCC3)nc3ccc(Br)cc3c2=O)cc1OCC. The summed E-state index contributed by atoms with van der Waals surface area (Å²) in [5, 5.41) is 5.18. The van der Waals surface area contributed by atoms with E-state index in [2.05, 4.69) is 43.5 Å². The molecular formula is C26H27Br2N3O3. The van der Waals surface area contributed by atoms with Crippen LogP contribution in [0.15, 0.2) is 61.8 Å². The fourth-order valence-corrected chi connectivity index (χ4v) is 4.99. The first-order chi connectivity index (χ1) is 16.5. The minimum atomic E-state index is -0.171. The van der Waals surface area contributed by atoms with Crippen molar-refractivity contribution in [2.45, 2.75) is 44.9 Å². The zero-order valence-electron chi connectivity index (χ0n) is 19.1. The normalized spacial score (nSPS) is 14.6. The van der Waals surface area contributed by atoms with Crippen LogP contribution in [-0.2, 0) is 0 Å². The van der Waals surface area contributed by atoms with Gasteiger partial charge in [-0.2, -0.15) is 9.78 Å². The van der Waals surface area contributed by atoms with Gasteiger partial charge in [0.25, 0.3) is 5.56 Å². The molecule has 6 nitrogen and oxygen atoms in total. The molecule has 178 valence electrons. The van der Waals surface area contributed by atoms with E-state index in [1.807, 2.05) is 31.2 Å². The molecule has 34 heavy (non-hydrogen) atoms. The van der Waals surface area contributed by atoms with Crippen LogP contribution in [-0.4, -0.2) is 29.1 Å². The van der Waals surface area contributed by atoms with Gasteiger partial charge in [0.05, 0.1) is 23.7 Å². The summed E-state index contributed by atoms with van der Waals surface area (Å²) in [4.78, 5) is 18.4. The van der Waals surface area contributed by atoms with Crippen molar-refractivity contribution in [1.29, 1.82) is 0 Å². The van der Waals surface area contributed by atoms with Gasteiger partial charge in [-0.05, 0) is 66.0 Å². The van der Waals surface area contributed by atoms with Crippen molar-refractivity contribution >= 4 is 49.0 Å². The largest absolute Gasteiger partial charge is 0.490 e. The van der Waals surface area contributed by atoms with E-state index in [0.29, 0.717) is 35.6 Å². The first-order valence-corrected chi connectivity index (χ1v) is 13.1. The molecule has 0 radical (unpaired) electrons. The van der Waals surface area contributed by atoms with E-state index in [0.717, 1.165) is 46.0 Å². The average molecular weight is 589 g/mol. The molecule has 0 N–H and O–H groups in total. The highest BCUT2D eigenvalue weighted by molar-refractivity contribution is 9.10. The Bertz CT molecular complexity index is 1280. The lowest BCUT2D eigenvalue weighted by molar-refractivity contribution is 0.296. The third-order valence-corrected chi connectivity index (χ3v) is 7.02. The molecule has 0 bridgehead atoms. The average Bonchev–Trinajstić information content (AvgIpc) is 2.85. The summed E-state index contributed by atoms with van der Waals surface area (Å²) in [6.07, 6.45) is 8.87. The molecule has 1 saturated carbocycles. The molecule has 2 aromatic carbocycles. The van der Waals surface area contributed by atoms with Crippen LogP contribution in [0.2, 0.25) is 0 Å². The number of ether oxygens (including phenoxy) is 2. The standard InChI is InChI=1S/C26H27Br2N3O3/c1-3-12-34-24-15-21(28)18(13-23(24)33-4-2)16-29-31-25(17-8-6-5-7-9-17)30-22-11-10-19(27)14-20(22)26(31)32/h3,10-11,13-17H,1,4-9,12H2,2H3. The molecule has 1 aromatic heterocycles. The molecule has 1 aliphatic rings. The molecule has 4 rings (SSSR count). The Labute approximate surface area is 215 Å². The molecule has 8 heteroatoms. The van der Waals surface area contributed by atoms with Crippen LogP contribution in [0.3, 0.4) is 0 Å². The molecule has 0 amide bonds. The second kappa shape index (κ2) is 11.3. The lowest BCUT2D eigenvalue weighted by atomic mass is 9.88. The Balaban J connectivity index is 1.81. The van der Waals surface area contributed by atoms with Crippen molar-refractivity contribution in [3.05, 3.63) is 73.7 Å². The summed E-state index contributed by atoms with van der Waals surface area (Å²) in [5.41, 5.74) is 1.30. The van der Waals surface area contributed by atoms with Crippen LogP contribution < -0.4 is 15.0 Å². The van der Waals surface area contributed by atoms with Gasteiger partial charge in [0.15, 0.2) is 11.5 Å². The predicted molar refractivity (Wildman–Crippen MR) is 144 cm³/mol. The second-order valence-corrected chi connectivity index (χ2v) is 9.95. The number of halogens is 2. The monoisotopic (exact) mass is 587 g/mol. The van der Waals surface area contributed by atoms with Gasteiger partial charge in [-0.15, -0.1) is 0 Å². The third-order valence-electron chi connectivity index (χ3n) is 5.84. The van der Waals surface area contributed by atoms with Gasteiger partial charge in [-0.25, -0.2) is 4.98 Å². The molecule has 0 spiro atoms. The van der Waals surface area contributed by atoms with E-state index >= 15 is 0 Å². The number of benzene rings is 2. The highest BCUT2D eigenvalue weighted by Gasteiger charge is 2.22. The number of aromatic nitrogens is 2. The number of rotatable bonds is 8. The fraction of sp³-hybridized carbons (Fsp3) is 0.346. The summed E-state index contributed by atoms with van der Waals surface area (Å²) >= 11 is 7.07. The van der Waals surface area contributed by atoms with Crippen molar-refractivity contribution in [2.24, 2.45) is 5.10 Å². The van der Waals surface area contributed by atoms with Crippen molar-refractivity contribution in [3.63, 3.8) is 0 Å². The summed E-state index contributed by atoms with van der Waals surface area (Å²) in [6.45, 7) is 6.49. The van der Waals surface area contributed by atoms with Gasteiger partial charge in [0, 0.05) is 20.4 Å². The molecular weight excluding hydrogens is 562 g/mol. The Morgan fingerprint density at radius 3 is 2.65 bits per heavy atom. The first kappa shape index (κ1) is 24.7. The Hall–Kier alpha value is -2.45. The second-order valence-electron chi connectivity index (χ2n) is 8.18.